The second kappa shape index (κ2) is 5.99. The lowest BCUT2D eigenvalue weighted by Gasteiger charge is -2.29. The third kappa shape index (κ3) is 3.55. The van der Waals surface area contributed by atoms with Crippen LogP contribution in [0.25, 0.3) is 0 Å². The molecule has 0 aromatic rings. The van der Waals surface area contributed by atoms with E-state index in [1.54, 1.807) is 0 Å². The van der Waals surface area contributed by atoms with Crippen molar-refractivity contribution in [2.24, 2.45) is 5.73 Å². The predicted octanol–water partition coefficient (Wildman–Crippen LogP) is -1.52. The fourth-order valence-corrected chi connectivity index (χ4v) is 0.925. The number of nitrogens with one attached hydrogen (secondary N) is 1. The lowest BCUT2D eigenvalue weighted by atomic mass is 10.0. The van der Waals surface area contributed by atoms with E-state index in [9.17, 15) is 0 Å². The number of hydrogen-bond donors (Lipinski definition) is 4. The van der Waals surface area contributed by atoms with Gasteiger partial charge in [-0.3, -0.25) is 0 Å². The Morgan fingerprint density at radius 1 is 1.18 bits per heavy atom. The minimum atomic E-state index is -0.758. The first kappa shape index (κ1) is 14.0. The van der Waals surface area contributed by atoms with E-state index < -0.39 is 12.2 Å². The van der Waals surface area contributed by atoms with Crippen molar-refractivity contribution in [3.8, 4) is 0 Å². The Morgan fingerprint density at radius 3 is 2.09 bits per heavy atom. The summed E-state index contributed by atoms with van der Waals surface area (Å²) in [7, 11) is 0. The molecule has 6 heteroatoms. The van der Waals surface area contributed by atoms with Crippen LogP contribution in [0, 0.1) is 0 Å². The van der Waals surface area contributed by atoms with Gasteiger partial charge in [0.05, 0.1) is 12.2 Å². The molecule has 1 rings (SSSR count). The van der Waals surface area contributed by atoms with E-state index in [2.05, 4.69) is 5.32 Å². The molecular formula is C5H14Cl2N2O2. The molecule has 0 aromatic heterocycles. The van der Waals surface area contributed by atoms with E-state index in [1.165, 1.54) is 0 Å². The van der Waals surface area contributed by atoms with Crippen molar-refractivity contribution in [2.45, 2.75) is 18.2 Å². The van der Waals surface area contributed by atoms with Gasteiger partial charge in [0, 0.05) is 19.1 Å². The van der Waals surface area contributed by atoms with Crippen molar-refractivity contribution < 1.29 is 10.2 Å². The molecule has 4 nitrogen and oxygen atoms in total. The molecule has 0 spiro atoms. The van der Waals surface area contributed by atoms with Gasteiger partial charge in [-0.05, 0) is 0 Å². The highest BCUT2D eigenvalue weighted by molar-refractivity contribution is 5.85. The quantitative estimate of drug-likeness (QED) is 0.387. The Labute approximate surface area is 78.0 Å². The number of hydrogen-bond acceptors (Lipinski definition) is 4. The normalized spacial score (nSPS) is 36.8. The van der Waals surface area contributed by atoms with Crippen LogP contribution in [-0.4, -0.2) is 41.6 Å². The molecule has 0 aliphatic carbocycles. The van der Waals surface area contributed by atoms with E-state index in [4.69, 9.17) is 15.9 Å². The number of rotatable bonds is 0. The Bertz CT molecular complexity index is 96.5. The van der Waals surface area contributed by atoms with Crippen LogP contribution in [0.15, 0.2) is 0 Å². The first-order chi connectivity index (χ1) is 4.22. The molecule has 1 heterocycles. The first-order valence-electron chi connectivity index (χ1n) is 3.04. The molecular weight excluding hydrogens is 191 g/mol. The maximum Gasteiger partial charge on any atom is 0.0974 e. The van der Waals surface area contributed by atoms with Gasteiger partial charge < -0.3 is 21.3 Å². The van der Waals surface area contributed by atoms with Gasteiger partial charge in [0.2, 0.25) is 0 Å². The third-order valence-corrected chi connectivity index (χ3v) is 1.57. The van der Waals surface area contributed by atoms with E-state index >= 15 is 0 Å². The van der Waals surface area contributed by atoms with Crippen molar-refractivity contribution in [3.05, 3.63) is 0 Å². The summed E-state index contributed by atoms with van der Waals surface area (Å²) >= 11 is 0. The molecule has 5 N–H and O–H groups in total. The smallest absolute Gasteiger partial charge is 0.0974 e. The molecule has 1 saturated heterocycles. The van der Waals surface area contributed by atoms with Crippen LogP contribution in [0.5, 0.6) is 0 Å². The van der Waals surface area contributed by atoms with Crippen LogP contribution in [0.2, 0.25) is 0 Å². The molecule has 0 amide bonds. The van der Waals surface area contributed by atoms with Crippen LogP contribution in [-0.2, 0) is 0 Å². The summed E-state index contributed by atoms with van der Waals surface area (Å²) in [5, 5.41) is 20.9. The van der Waals surface area contributed by atoms with E-state index in [-0.39, 0.29) is 30.9 Å². The summed E-state index contributed by atoms with van der Waals surface area (Å²) in [6.07, 6.45) is -1.46. The standard InChI is InChI=1S/C5H12N2O2.2ClH/c6-3-1-7-2-4(8)5(3)9;;/h3-5,7-9H,1-2,6H2;2*1H/t3-,4+,5+;;/m1../s1. The second-order valence-electron chi connectivity index (χ2n) is 2.38. The van der Waals surface area contributed by atoms with Gasteiger partial charge in [0.1, 0.15) is 0 Å². The average molecular weight is 205 g/mol. The van der Waals surface area contributed by atoms with E-state index in [1.807, 2.05) is 0 Å². The summed E-state index contributed by atoms with van der Waals surface area (Å²) in [6, 6.07) is -0.325. The Balaban J connectivity index is 0. The maximum absolute atomic E-state index is 9.03. The lowest BCUT2D eigenvalue weighted by Crippen LogP contribution is -2.57. The number of β-amino-alcohol motifs (C(OH)–C–C–N with tert-alkyl or cyclic N) is 1. The van der Waals surface area contributed by atoms with Crippen molar-refractivity contribution >= 4 is 24.8 Å². The van der Waals surface area contributed by atoms with Crippen molar-refractivity contribution in [1.82, 2.24) is 5.32 Å². The number of nitrogens with two attached hydrogens (primary N) is 1. The maximum atomic E-state index is 9.03. The van der Waals surface area contributed by atoms with E-state index in [0.717, 1.165) is 0 Å². The molecule has 11 heavy (non-hydrogen) atoms. The van der Waals surface area contributed by atoms with Crippen molar-refractivity contribution in [2.75, 3.05) is 13.1 Å². The highest BCUT2D eigenvalue weighted by Crippen LogP contribution is 2.00. The summed E-state index contributed by atoms with van der Waals surface area (Å²) in [4.78, 5) is 0. The van der Waals surface area contributed by atoms with Crippen molar-refractivity contribution in [1.29, 1.82) is 0 Å². The monoisotopic (exact) mass is 204 g/mol. The number of aliphatic hydroxyl groups excluding tert-OH is 2. The van der Waals surface area contributed by atoms with Gasteiger partial charge in [0.25, 0.3) is 0 Å². The van der Waals surface area contributed by atoms with Crippen LogP contribution in [0.3, 0.4) is 0 Å². The molecule has 0 unspecified atom stereocenters. The topological polar surface area (TPSA) is 78.5 Å². The fraction of sp³-hybridized carbons (Fsp3) is 1.00. The minimum Gasteiger partial charge on any atom is -0.389 e. The zero-order chi connectivity index (χ0) is 6.85. The number of aliphatic hydroxyl groups is 2. The van der Waals surface area contributed by atoms with Crippen LogP contribution in [0.4, 0.5) is 0 Å². The third-order valence-electron chi connectivity index (χ3n) is 1.57. The van der Waals surface area contributed by atoms with Crippen LogP contribution < -0.4 is 11.1 Å². The number of halogens is 2. The first-order valence-corrected chi connectivity index (χ1v) is 3.04. The zero-order valence-corrected chi connectivity index (χ0v) is 7.57. The van der Waals surface area contributed by atoms with Crippen LogP contribution >= 0.6 is 24.8 Å². The van der Waals surface area contributed by atoms with Crippen molar-refractivity contribution in [3.63, 3.8) is 0 Å². The largest absolute Gasteiger partial charge is 0.389 e. The summed E-state index contributed by atoms with van der Waals surface area (Å²) in [5.41, 5.74) is 5.40. The molecule has 0 aromatic carbocycles. The average Bonchev–Trinajstić information content (AvgIpc) is 1.83. The Kier molecular flexibility index (Phi) is 7.61. The van der Waals surface area contributed by atoms with Gasteiger partial charge in [-0.15, -0.1) is 24.8 Å². The summed E-state index contributed by atoms with van der Waals surface area (Å²) < 4.78 is 0. The summed E-state index contributed by atoms with van der Waals surface area (Å²) in [6.45, 7) is 1.02. The summed E-state index contributed by atoms with van der Waals surface area (Å²) in [5.74, 6) is 0. The van der Waals surface area contributed by atoms with Gasteiger partial charge in [0.15, 0.2) is 0 Å². The van der Waals surface area contributed by atoms with Gasteiger partial charge >= 0.3 is 0 Å². The van der Waals surface area contributed by atoms with E-state index in [0.29, 0.717) is 13.1 Å². The number of piperidine rings is 1. The molecule has 0 saturated carbocycles. The lowest BCUT2D eigenvalue weighted by molar-refractivity contribution is -0.0113. The van der Waals surface area contributed by atoms with Gasteiger partial charge in [-0.25, -0.2) is 0 Å². The second-order valence-corrected chi connectivity index (χ2v) is 2.38. The molecule has 3 atom stereocenters. The zero-order valence-electron chi connectivity index (χ0n) is 5.93. The van der Waals surface area contributed by atoms with Gasteiger partial charge in [-0.2, -0.15) is 0 Å². The molecule has 0 bridgehead atoms. The highest BCUT2D eigenvalue weighted by atomic mass is 35.5. The minimum absolute atomic E-state index is 0. The molecule has 1 aliphatic rings. The molecule has 70 valence electrons. The Morgan fingerprint density at radius 2 is 1.73 bits per heavy atom. The predicted molar refractivity (Wildman–Crippen MR) is 47.4 cm³/mol. The molecule has 1 aliphatic heterocycles. The van der Waals surface area contributed by atoms with Crippen LogP contribution in [0.1, 0.15) is 0 Å². The highest BCUT2D eigenvalue weighted by Gasteiger charge is 2.26. The Hall–Kier alpha value is 0.420. The molecule has 1 fully saturated rings. The molecule has 0 radical (unpaired) electrons. The fourth-order valence-electron chi connectivity index (χ4n) is 0.925. The SMILES string of the molecule is Cl.Cl.N[C@@H]1CNC[C@H](O)[C@H]1O. The van der Waals surface area contributed by atoms with Gasteiger partial charge in [-0.1, -0.05) is 0 Å².